The quantitative estimate of drug-likeness (QED) is 0.180. The second-order valence-corrected chi connectivity index (χ2v) is 11.7. The molecule has 0 heterocycles. The van der Waals surface area contributed by atoms with Gasteiger partial charge in [-0.2, -0.15) is 0 Å². The van der Waals surface area contributed by atoms with Gasteiger partial charge in [-0.05, 0) is 56.7 Å². The zero-order valence-electron chi connectivity index (χ0n) is 26.1. The highest BCUT2D eigenvalue weighted by atomic mass is 16.6. The van der Waals surface area contributed by atoms with Crippen LogP contribution in [0.15, 0.2) is 30.8 Å². The Labute approximate surface area is 246 Å². The zero-order chi connectivity index (χ0) is 31.0. The lowest BCUT2D eigenvalue weighted by Gasteiger charge is -2.35. The van der Waals surface area contributed by atoms with Crippen molar-refractivity contribution in [3.8, 4) is 0 Å². The van der Waals surface area contributed by atoms with Gasteiger partial charge in [0.05, 0.1) is 7.11 Å². The van der Waals surface area contributed by atoms with Crippen molar-refractivity contribution in [3.05, 3.63) is 42.0 Å². The van der Waals surface area contributed by atoms with E-state index in [1.165, 1.54) is 12.0 Å². The summed E-state index contributed by atoms with van der Waals surface area (Å²) < 4.78 is 10.2. The van der Waals surface area contributed by atoms with Crippen molar-refractivity contribution in [1.29, 1.82) is 0 Å². The fourth-order valence-electron chi connectivity index (χ4n) is 4.43. The maximum atomic E-state index is 14.3. The summed E-state index contributed by atoms with van der Waals surface area (Å²) in [6.45, 7) is 15.1. The number of nitrogens with one attached hydrogen (secondary N) is 2. The van der Waals surface area contributed by atoms with Gasteiger partial charge in [-0.15, -0.1) is 0 Å². The van der Waals surface area contributed by atoms with Gasteiger partial charge in [0, 0.05) is 6.54 Å². The predicted molar refractivity (Wildman–Crippen MR) is 162 cm³/mol. The van der Waals surface area contributed by atoms with E-state index in [0.717, 1.165) is 37.7 Å². The number of unbranched alkanes of at least 4 members (excludes halogenated alkanes) is 5. The fraction of sp³-hybridized carbons (Fsp3) is 0.625. The second-order valence-electron chi connectivity index (χ2n) is 11.7. The molecule has 9 heteroatoms. The summed E-state index contributed by atoms with van der Waals surface area (Å²) in [5, 5.41) is 5.39. The molecule has 0 saturated carbocycles. The lowest BCUT2D eigenvalue weighted by molar-refractivity contribution is -0.145. The van der Waals surface area contributed by atoms with Crippen LogP contribution in [0.2, 0.25) is 0 Å². The molecule has 1 rings (SSSR count). The van der Waals surface area contributed by atoms with Gasteiger partial charge in [0.2, 0.25) is 11.8 Å². The highest BCUT2D eigenvalue weighted by molar-refractivity contribution is 5.93. The molecular formula is C32H51N3O6. The van der Waals surface area contributed by atoms with Crippen LogP contribution in [0.25, 0.3) is 6.08 Å². The number of carbonyl (C=O) groups is 4. The first-order valence-electron chi connectivity index (χ1n) is 14.7. The highest BCUT2D eigenvalue weighted by Gasteiger charge is 2.36. The number of ether oxygens (including phenoxy) is 2. The largest absolute Gasteiger partial charge is 0.468 e. The van der Waals surface area contributed by atoms with Crippen LogP contribution in [-0.2, 0) is 23.9 Å². The molecule has 2 N–H and O–H groups in total. The van der Waals surface area contributed by atoms with Crippen molar-refractivity contribution in [1.82, 2.24) is 15.5 Å². The predicted octanol–water partition coefficient (Wildman–Crippen LogP) is 5.79. The molecule has 2 unspecified atom stereocenters. The van der Waals surface area contributed by atoms with E-state index in [4.69, 9.17) is 9.47 Å². The molecule has 0 bridgehead atoms. The van der Waals surface area contributed by atoms with Crippen LogP contribution in [0.3, 0.4) is 0 Å². The first-order chi connectivity index (χ1) is 19.3. The molecule has 230 valence electrons. The van der Waals surface area contributed by atoms with Gasteiger partial charge in [0.25, 0.3) is 0 Å². The van der Waals surface area contributed by atoms with Gasteiger partial charge in [-0.1, -0.05) is 83.7 Å². The van der Waals surface area contributed by atoms with E-state index >= 15 is 0 Å². The summed E-state index contributed by atoms with van der Waals surface area (Å²) in [5.74, 6) is -1.43. The molecule has 0 saturated heterocycles. The monoisotopic (exact) mass is 573 g/mol. The molecule has 0 aliphatic carbocycles. The molecule has 1 aromatic carbocycles. The Morgan fingerprint density at radius 2 is 1.71 bits per heavy atom. The molecule has 3 amide bonds. The van der Waals surface area contributed by atoms with Gasteiger partial charge < -0.3 is 25.0 Å². The second kappa shape index (κ2) is 18.1. The molecule has 9 nitrogen and oxygen atoms in total. The third-order valence-corrected chi connectivity index (χ3v) is 6.39. The number of amides is 3. The Balaban J connectivity index is 3.51. The number of hydrogen-bond acceptors (Lipinski definition) is 6. The minimum Gasteiger partial charge on any atom is -0.468 e. The number of nitrogens with zero attached hydrogens (tertiary/aromatic N) is 1. The van der Waals surface area contributed by atoms with Gasteiger partial charge in [0.15, 0.2) is 0 Å². The third kappa shape index (κ3) is 13.7. The van der Waals surface area contributed by atoms with Crippen LogP contribution in [0, 0.1) is 5.92 Å². The van der Waals surface area contributed by atoms with E-state index in [1.807, 2.05) is 19.9 Å². The summed E-state index contributed by atoms with van der Waals surface area (Å²) in [6.07, 6.45) is 7.28. The van der Waals surface area contributed by atoms with Gasteiger partial charge >= 0.3 is 12.1 Å². The number of carbonyl (C=O) groups excluding carboxylic acids is 4. The maximum absolute atomic E-state index is 14.3. The summed E-state index contributed by atoms with van der Waals surface area (Å²) in [7, 11) is 1.24. The molecule has 2 atom stereocenters. The molecule has 1 aromatic rings. The lowest BCUT2D eigenvalue weighted by Crippen LogP contribution is -2.54. The Morgan fingerprint density at radius 1 is 1.05 bits per heavy atom. The smallest absolute Gasteiger partial charge is 0.408 e. The number of rotatable bonds is 17. The standard InChI is InChI=1S/C32H51N3O6/c1-9-11-12-13-14-15-19-35(30(38)26(20-23(3)4)34-31(39)41-32(5,6)7)28(29(37)33-22-27(36)40-8)25-18-16-17-24(10-2)21-25/h10,16-18,21,23,26,28H,2,9,11-15,19-20,22H2,1,3-8H3,(H,33,37)(H,34,39). The van der Waals surface area contributed by atoms with E-state index < -0.39 is 35.7 Å². The Morgan fingerprint density at radius 3 is 2.29 bits per heavy atom. The van der Waals surface area contributed by atoms with E-state index in [-0.39, 0.29) is 18.4 Å². The molecule has 0 radical (unpaired) electrons. The number of benzene rings is 1. The van der Waals surface area contributed by atoms with Crippen molar-refractivity contribution in [2.45, 2.75) is 104 Å². The molecule has 0 fully saturated rings. The Hall–Kier alpha value is -3.36. The van der Waals surface area contributed by atoms with Crippen LogP contribution in [-0.4, -0.2) is 60.6 Å². The van der Waals surface area contributed by atoms with E-state index in [2.05, 4.69) is 24.1 Å². The van der Waals surface area contributed by atoms with Crippen molar-refractivity contribution < 1.29 is 28.7 Å². The third-order valence-electron chi connectivity index (χ3n) is 6.39. The molecule has 41 heavy (non-hydrogen) atoms. The van der Waals surface area contributed by atoms with Crippen LogP contribution >= 0.6 is 0 Å². The van der Waals surface area contributed by atoms with Crippen molar-refractivity contribution in [3.63, 3.8) is 0 Å². The molecular weight excluding hydrogens is 522 g/mol. The summed E-state index contributed by atoms with van der Waals surface area (Å²) >= 11 is 0. The normalized spacial score (nSPS) is 12.7. The molecule has 0 aliphatic heterocycles. The minimum absolute atomic E-state index is 0.0745. The van der Waals surface area contributed by atoms with Gasteiger partial charge in [-0.3, -0.25) is 14.4 Å². The van der Waals surface area contributed by atoms with E-state index in [9.17, 15) is 19.2 Å². The number of methoxy groups -OCH3 is 1. The highest BCUT2D eigenvalue weighted by Crippen LogP contribution is 2.26. The maximum Gasteiger partial charge on any atom is 0.408 e. The fourth-order valence-corrected chi connectivity index (χ4v) is 4.43. The van der Waals surface area contributed by atoms with E-state index in [0.29, 0.717) is 24.9 Å². The van der Waals surface area contributed by atoms with Crippen LogP contribution < -0.4 is 10.6 Å². The SMILES string of the molecule is C=Cc1cccc(C(C(=O)NCC(=O)OC)N(CCCCCCCC)C(=O)C(CC(C)C)NC(=O)OC(C)(C)C)c1. The summed E-state index contributed by atoms with van der Waals surface area (Å²) in [6, 6.07) is 5.27. The topological polar surface area (TPSA) is 114 Å². The Kier molecular flexibility index (Phi) is 15.8. The first-order valence-corrected chi connectivity index (χ1v) is 14.7. The van der Waals surface area contributed by atoms with Crippen molar-refractivity contribution in [2.75, 3.05) is 20.2 Å². The van der Waals surface area contributed by atoms with E-state index in [1.54, 1.807) is 45.0 Å². The van der Waals surface area contributed by atoms with Crippen LogP contribution in [0.5, 0.6) is 0 Å². The molecule has 0 spiro atoms. The van der Waals surface area contributed by atoms with Crippen LogP contribution in [0.4, 0.5) is 4.79 Å². The van der Waals surface area contributed by atoms with Crippen molar-refractivity contribution >= 4 is 30.0 Å². The minimum atomic E-state index is -1.04. The number of esters is 1. The van der Waals surface area contributed by atoms with Crippen LogP contribution in [0.1, 0.15) is 104 Å². The first kappa shape index (κ1) is 35.7. The average molecular weight is 574 g/mol. The summed E-state index contributed by atoms with van der Waals surface area (Å²) in [4.78, 5) is 54.1. The average Bonchev–Trinajstić information content (AvgIpc) is 2.90. The Bertz CT molecular complexity index is 1000. The van der Waals surface area contributed by atoms with Crippen molar-refractivity contribution in [2.24, 2.45) is 5.92 Å². The zero-order valence-corrected chi connectivity index (χ0v) is 26.1. The number of hydrogen-bond donors (Lipinski definition) is 2. The molecule has 0 aromatic heterocycles. The summed E-state index contributed by atoms with van der Waals surface area (Å²) in [5.41, 5.74) is 0.616. The van der Waals surface area contributed by atoms with Gasteiger partial charge in [-0.25, -0.2) is 4.79 Å². The van der Waals surface area contributed by atoms with Gasteiger partial charge in [0.1, 0.15) is 24.2 Å². The number of alkyl carbamates (subject to hydrolysis) is 1. The molecule has 0 aliphatic rings. The lowest BCUT2D eigenvalue weighted by atomic mass is 9.97.